The Morgan fingerprint density at radius 1 is 1.00 bits per heavy atom. The van der Waals surface area contributed by atoms with E-state index in [1.165, 1.54) is 9.27 Å². The van der Waals surface area contributed by atoms with E-state index in [-0.39, 0.29) is 5.41 Å². The van der Waals surface area contributed by atoms with E-state index in [2.05, 4.69) is 58.5 Å². The first-order chi connectivity index (χ1) is 5.91. The molecule has 1 rings (SSSR count). The van der Waals surface area contributed by atoms with E-state index < -0.39 is 0 Å². The highest BCUT2D eigenvalue weighted by atomic mass is 32.2. The second-order valence-electron chi connectivity index (χ2n) is 4.09. The van der Waals surface area contributed by atoms with Crippen molar-refractivity contribution in [3.8, 4) is 0 Å². The molecule has 0 aliphatic heterocycles. The molecular weight excluding hydrogens is 198 g/mol. The van der Waals surface area contributed by atoms with Gasteiger partial charge in [-0.15, -0.1) is 0 Å². The molecule has 0 bridgehead atoms. The van der Waals surface area contributed by atoms with Crippen LogP contribution in [0, 0.1) is 0 Å². The topological polar surface area (TPSA) is 3.24 Å². The molecule has 72 valence electrons. The summed E-state index contributed by atoms with van der Waals surface area (Å²) in [6, 6.07) is 8.24. The van der Waals surface area contributed by atoms with Crippen LogP contribution in [0.4, 0.5) is 5.69 Å². The second kappa shape index (κ2) is 3.84. The number of benzene rings is 1. The Bertz CT molecular complexity index is 272. The molecule has 0 fully saturated rings. The van der Waals surface area contributed by atoms with Gasteiger partial charge in [-0.25, -0.2) is 0 Å². The average molecular weight is 213 g/mol. The maximum atomic E-state index is 4.09. The van der Waals surface area contributed by atoms with Gasteiger partial charge in [0.1, 0.15) is 0 Å². The molecule has 1 aromatic carbocycles. The summed E-state index contributed by atoms with van der Waals surface area (Å²) in [5.41, 5.74) is 2.51. The molecule has 0 spiro atoms. The molecule has 0 N–H and O–H groups in total. The SMILES string of the molecule is CC(C)(C)c1ccc(N(S)S)cc1. The summed E-state index contributed by atoms with van der Waals surface area (Å²) >= 11 is 8.18. The fourth-order valence-corrected chi connectivity index (χ4v) is 1.36. The van der Waals surface area contributed by atoms with E-state index in [9.17, 15) is 0 Å². The molecule has 0 heterocycles. The Balaban J connectivity index is 2.94. The van der Waals surface area contributed by atoms with Crippen LogP contribution in [0.2, 0.25) is 0 Å². The third-order valence-corrected chi connectivity index (χ3v) is 2.43. The number of anilines is 1. The zero-order chi connectivity index (χ0) is 10.1. The zero-order valence-electron chi connectivity index (χ0n) is 8.15. The van der Waals surface area contributed by atoms with Crippen molar-refractivity contribution >= 4 is 31.3 Å². The predicted molar refractivity (Wildman–Crippen MR) is 65.6 cm³/mol. The van der Waals surface area contributed by atoms with Crippen LogP contribution < -0.4 is 3.71 Å². The number of rotatable bonds is 1. The molecule has 0 saturated heterocycles. The van der Waals surface area contributed by atoms with Crippen molar-refractivity contribution in [1.82, 2.24) is 0 Å². The fourth-order valence-electron chi connectivity index (χ4n) is 1.09. The third kappa shape index (κ3) is 2.85. The van der Waals surface area contributed by atoms with Gasteiger partial charge in [0, 0.05) is 0 Å². The highest BCUT2D eigenvalue weighted by Crippen LogP contribution is 2.25. The van der Waals surface area contributed by atoms with E-state index in [4.69, 9.17) is 0 Å². The Morgan fingerprint density at radius 2 is 1.46 bits per heavy atom. The molecule has 13 heavy (non-hydrogen) atoms. The standard InChI is InChI=1S/C10H15NS2/c1-10(2,3)8-4-6-9(7-5-8)11(12)13/h4-7,12-13H,1-3H3. The molecule has 0 radical (unpaired) electrons. The summed E-state index contributed by atoms with van der Waals surface area (Å²) in [4.78, 5) is 0. The highest BCUT2D eigenvalue weighted by molar-refractivity contribution is 8.00. The molecule has 0 saturated carbocycles. The predicted octanol–water partition coefficient (Wildman–Crippen LogP) is 3.48. The van der Waals surface area contributed by atoms with Crippen LogP contribution in [0.15, 0.2) is 24.3 Å². The highest BCUT2D eigenvalue weighted by Gasteiger charge is 2.12. The maximum absolute atomic E-state index is 4.09. The number of nitrogens with zero attached hydrogens (tertiary/aromatic N) is 1. The van der Waals surface area contributed by atoms with Gasteiger partial charge in [-0.3, -0.25) is 3.71 Å². The lowest BCUT2D eigenvalue weighted by Crippen LogP contribution is -2.10. The first-order valence-corrected chi connectivity index (χ1v) is 4.99. The van der Waals surface area contributed by atoms with Crippen LogP contribution in [0.1, 0.15) is 26.3 Å². The Morgan fingerprint density at radius 3 is 1.77 bits per heavy atom. The smallest absolute Gasteiger partial charge is 0.0588 e. The largest absolute Gasteiger partial charge is 0.265 e. The van der Waals surface area contributed by atoms with Gasteiger partial charge in [-0.1, -0.05) is 58.5 Å². The van der Waals surface area contributed by atoms with E-state index in [0.29, 0.717) is 0 Å². The molecule has 0 unspecified atom stereocenters. The number of hydrogen-bond acceptors (Lipinski definition) is 3. The number of hydrogen-bond donors (Lipinski definition) is 2. The third-order valence-electron chi connectivity index (χ3n) is 1.96. The molecular formula is C10H15NS2. The Hall–Kier alpha value is -0.280. The van der Waals surface area contributed by atoms with E-state index in [0.717, 1.165) is 5.69 Å². The summed E-state index contributed by atoms with van der Waals surface area (Å²) < 4.78 is 1.51. The molecule has 0 aliphatic carbocycles. The van der Waals surface area contributed by atoms with Crippen LogP contribution in [0.5, 0.6) is 0 Å². The average Bonchev–Trinajstić information content (AvgIpc) is 2.03. The summed E-state index contributed by atoms with van der Waals surface area (Å²) in [5.74, 6) is 0. The summed E-state index contributed by atoms with van der Waals surface area (Å²) in [6.45, 7) is 6.59. The normalized spacial score (nSPS) is 11.5. The molecule has 0 aromatic heterocycles. The monoisotopic (exact) mass is 213 g/mol. The molecule has 0 amide bonds. The molecule has 1 nitrogen and oxygen atoms in total. The summed E-state index contributed by atoms with van der Waals surface area (Å²) in [5, 5.41) is 0. The molecule has 1 aromatic rings. The first-order valence-electron chi connectivity index (χ1n) is 4.19. The zero-order valence-corrected chi connectivity index (χ0v) is 9.94. The van der Waals surface area contributed by atoms with Gasteiger partial charge in [0.15, 0.2) is 0 Å². The lowest BCUT2D eigenvalue weighted by atomic mass is 9.87. The minimum absolute atomic E-state index is 0.205. The maximum Gasteiger partial charge on any atom is 0.0588 e. The second-order valence-corrected chi connectivity index (χ2v) is 5.20. The van der Waals surface area contributed by atoms with Gasteiger partial charge in [-0.2, -0.15) is 0 Å². The molecule has 0 atom stereocenters. The van der Waals surface area contributed by atoms with Gasteiger partial charge in [-0.05, 0) is 23.1 Å². The van der Waals surface area contributed by atoms with Gasteiger partial charge in [0.2, 0.25) is 0 Å². The lowest BCUT2D eigenvalue weighted by molar-refractivity contribution is 0.590. The van der Waals surface area contributed by atoms with Crippen molar-refractivity contribution in [3.05, 3.63) is 29.8 Å². The minimum atomic E-state index is 0.205. The van der Waals surface area contributed by atoms with Gasteiger partial charge >= 0.3 is 0 Å². The molecule has 0 aliphatic rings. The van der Waals surface area contributed by atoms with Gasteiger partial charge in [0.05, 0.1) is 5.69 Å². The quantitative estimate of drug-likeness (QED) is 0.676. The summed E-state index contributed by atoms with van der Waals surface area (Å²) in [7, 11) is 0. The van der Waals surface area contributed by atoms with Crippen LogP contribution >= 0.6 is 25.6 Å². The van der Waals surface area contributed by atoms with Gasteiger partial charge in [0.25, 0.3) is 0 Å². The van der Waals surface area contributed by atoms with Crippen molar-refractivity contribution in [2.24, 2.45) is 0 Å². The fraction of sp³-hybridized carbons (Fsp3) is 0.400. The first kappa shape index (κ1) is 10.8. The van der Waals surface area contributed by atoms with E-state index in [1.807, 2.05) is 12.1 Å². The van der Waals surface area contributed by atoms with Crippen molar-refractivity contribution in [1.29, 1.82) is 0 Å². The van der Waals surface area contributed by atoms with E-state index >= 15 is 0 Å². The number of thiol groups is 2. The lowest BCUT2D eigenvalue weighted by Gasteiger charge is -2.19. The van der Waals surface area contributed by atoms with Crippen LogP contribution in [0.25, 0.3) is 0 Å². The summed E-state index contributed by atoms with van der Waals surface area (Å²) in [6.07, 6.45) is 0. The minimum Gasteiger partial charge on any atom is -0.265 e. The van der Waals surface area contributed by atoms with Crippen molar-refractivity contribution < 1.29 is 0 Å². The molecule has 3 heteroatoms. The Labute approximate surface area is 91.2 Å². The van der Waals surface area contributed by atoms with E-state index in [1.54, 1.807) is 0 Å². The van der Waals surface area contributed by atoms with Gasteiger partial charge < -0.3 is 0 Å². The van der Waals surface area contributed by atoms with Crippen LogP contribution in [-0.4, -0.2) is 0 Å². The Kier molecular flexibility index (Phi) is 3.19. The van der Waals surface area contributed by atoms with Crippen molar-refractivity contribution in [2.75, 3.05) is 3.71 Å². The van der Waals surface area contributed by atoms with Crippen LogP contribution in [0.3, 0.4) is 0 Å². The van der Waals surface area contributed by atoms with Crippen molar-refractivity contribution in [3.63, 3.8) is 0 Å². The van der Waals surface area contributed by atoms with Crippen molar-refractivity contribution in [2.45, 2.75) is 26.2 Å². The van der Waals surface area contributed by atoms with Crippen LogP contribution in [-0.2, 0) is 5.41 Å².